The summed E-state index contributed by atoms with van der Waals surface area (Å²) in [6, 6.07) is 0. The van der Waals surface area contributed by atoms with Crippen LogP contribution in [-0.4, -0.2) is 22.4 Å². The van der Waals surface area contributed by atoms with Gasteiger partial charge in [-0.05, 0) is 89.9 Å². The van der Waals surface area contributed by atoms with Crippen LogP contribution in [0.25, 0.3) is 0 Å². The highest BCUT2D eigenvalue weighted by Gasteiger charge is 2.58. The van der Waals surface area contributed by atoms with E-state index in [9.17, 15) is 5.11 Å². The second kappa shape index (κ2) is 5.34. The van der Waals surface area contributed by atoms with Gasteiger partial charge in [-0.15, -0.1) is 0 Å². The van der Waals surface area contributed by atoms with Gasteiger partial charge in [-0.3, -0.25) is 0 Å². The molecule has 1 saturated carbocycles. The van der Waals surface area contributed by atoms with E-state index < -0.39 is 5.60 Å². The van der Waals surface area contributed by atoms with E-state index in [1.807, 2.05) is 13.8 Å². The Balaban J connectivity index is 1.86. The van der Waals surface area contributed by atoms with Crippen molar-refractivity contribution in [3.8, 4) is 0 Å². The Morgan fingerprint density at radius 1 is 1.23 bits per heavy atom. The van der Waals surface area contributed by atoms with Crippen molar-refractivity contribution < 1.29 is 9.84 Å². The van der Waals surface area contributed by atoms with E-state index in [-0.39, 0.29) is 5.60 Å². The van der Waals surface area contributed by atoms with E-state index in [1.165, 1.54) is 31.3 Å². The van der Waals surface area contributed by atoms with Crippen LogP contribution in [0.1, 0.15) is 79.6 Å². The smallest absolute Gasteiger partial charge is 0.0923 e. The van der Waals surface area contributed by atoms with Crippen molar-refractivity contribution in [1.29, 1.82) is 0 Å². The van der Waals surface area contributed by atoms with Crippen LogP contribution in [0.5, 0.6) is 0 Å². The third kappa shape index (κ3) is 3.01. The van der Waals surface area contributed by atoms with Gasteiger partial charge in [0.25, 0.3) is 0 Å². The summed E-state index contributed by atoms with van der Waals surface area (Å²) in [6.45, 7) is 11.0. The van der Waals surface area contributed by atoms with Gasteiger partial charge >= 0.3 is 0 Å². The van der Waals surface area contributed by atoms with Gasteiger partial charge in [-0.25, -0.2) is 0 Å². The molecule has 3 rings (SSSR count). The van der Waals surface area contributed by atoms with Crippen LogP contribution in [0.2, 0.25) is 0 Å². The molecule has 0 spiro atoms. The molecular weight excluding hydrogens is 272 g/mol. The maximum atomic E-state index is 10.7. The van der Waals surface area contributed by atoms with E-state index in [4.69, 9.17) is 4.74 Å². The van der Waals surface area contributed by atoms with Crippen molar-refractivity contribution in [2.75, 3.05) is 0 Å². The largest absolute Gasteiger partial charge is 0.390 e. The lowest BCUT2D eigenvalue weighted by Gasteiger charge is -2.38. The maximum absolute atomic E-state index is 10.7. The zero-order valence-corrected chi connectivity index (χ0v) is 15.1. The first-order valence-corrected chi connectivity index (χ1v) is 9.20. The van der Waals surface area contributed by atoms with Crippen molar-refractivity contribution >= 4 is 0 Å². The number of aliphatic hydroxyl groups is 1. The van der Waals surface area contributed by atoms with E-state index >= 15 is 0 Å². The molecule has 2 heteroatoms. The van der Waals surface area contributed by atoms with Gasteiger partial charge in [0.1, 0.15) is 0 Å². The van der Waals surface area contributed by atoms with E-state index in [0.717, 1.165) is 19.3 Å². The van der Waals surface area contributed by atoms with E-state index in [1.54, 1.807) is 0 Å². The molecule has 1 heterocycles. The third-order valence-electron chi connectivity index (χ3n) is 6.99. The number of ether oxygens (including phenoxy) is 1. The van der Waals surface area contributed by atoms with Crippen molar-refractivity contribution in [3.63, 3.8) is 0 Å². The van der Waals surface area contributed by atoms with Gasteiger partial charge in [0, 0.05) is 0 Å². The Morgan fingerprint density at radius 2 is 1.95 bits per heavy atom. The Labute approximate surface area is 136 Å². The van der Waals surface area contributed by atoms with Crippen LogP contribution in [0.15, 0.2) is 11.6 Å². The number of fused-ring (bicyclic) bond motifs is 2. The molecule has 0 radical (unpaired) electrons. The lowest BCUT2D eigenvalue weighted by atomic mass is 9.68. The fourth-order valence-electron chi connectivity index (χ4n) is 5.29. The van der Waals surface area contributed by atoms with Crippen molar-refractivity contribution in [2.45, 2.75) is 96.9 Å². The fourth-order valence-corrected chi connectivity index (χ4v) is 5.29. The van der Waals surface area contributed by atoms with Gasteiger partial charge in [0.05, 0.1) is 17.3 Å². The second-order valence-corrected chi connectivity index (χ2v) is 9.31. The number of hydrogen-bond acceptors (Lipinski definition) is 2. The predicted molar refractivity (Wildman–Crippen MR) is 90.7 cm³/mol. The summed E-state index contributed by atoms with van der Waals surface area (Å²) in [4.78, 5) is 0. The number of epoxide rings is 1. The molecule has 0 aromatic heterocycles. The summed E-state index contributed by atoms with van der Waals surface area (Å²) in [5.74, 6) is 1.04. The summed E-state index contributed by atoms with van der Waals surface area (Å²) in [5, 5.41) is 10.7. The molecule has 22 heavy (non-hydrogen) atoms. The number of rotatable bonds is 1. The van der Waals surface area contributed by atoms with E-state index in [2.05, 4.69) is 26.8 Å². The van der Waals surface area contributed by atoms with Gasteiger partial charge in [0.2, 0.25) is 0 Å². The molecule has 2 nitrogen and oxygen atoms in total. The van der Waals surface area contributed by atoms with Crippen LogP contribution in [0.3, 0.4) is 0 Å². The number of hydrogen-bond donors (Lipinski definition) is 1. The highest BCUT2D eigenvalue weighted by Crippen LogP contribution is 2.58. The quantitative estimate of drug-likeness (QED) is 0.554. The van der Waals surface area contributed by atoms with Gasteiger partial charge in [0.15, 0.2) is 0 Å². The molecule has 0 bridgehead atoms. The Hall–Kier alpha value is -0.340. The molecule has 0 aromatic rings. The Morgan fingerprint density at radius 3 is 2.64 bits per heavy atom. The average Bonchev–Trinajstić information content (AvgIpc) is 2.86. The topological polar surface area (TPSA) is 32.8 Å². The molecular formula is C20H34O2. The molecule has 126 valence electrons. The van der Waals surface area contributed by atoms with Gasteiger partial charge < -0.3 is 9.84 Å². The minimum absolute atomic E-state index is 0.113. The molecule has 1 N–H and O–H groups in total. The zero-order valence-electron chi connectivity index (χ0n) is 15.1. The molecule has 5 atom stereocenters. The molecule has 1 aliphatic heterocycles. The predicted octanol–water partition coefficient (Wildman–Crippen LogP) is 4.86. The molecule has 5 unspecified atom stereocenters. The lowest BCUT2D eigenvalue weighted by molar-refractivity contribution is -0.0186. The normalized spacial score (nSPS) is 46.3. The van der Waals surface area contributed by atoms with Crippen LogP contribution in [0, 0.1) is 17.3 Å². The standard InChI is InChI=1S/C20H34O2/c1-14-7-6-11-20(5)17(22-20)13-19(4)12-10-15(18(2,3)21)16(19)9-8-14/h7,15-17,21H,6,8-13H2,1-5H3. The molecule has 1 saturated heterocycles. The monoisotopic (exact) mass is 306 g/mol. The summed E-state index contributed by atoms with van der Waals surface area (Å²) in [7, 11) is 0. The van der Waals surface area contributed by atoms with E-state index in [0.29, 0.717) is 23.4 Å². The van der Waals surface area contributed by atoms with Crippen molar-refractivity contribution in [3.05, 3.63) is 11.6 Å². The molecule has 2 aliphatic carbocycles. The highest BCUT2D eigenvalue weighted by atomic mass is 16.6. The summed E-state index contributed by atoms with van der Waals surface area (Å²) < 4.78 is 6.11. The minimum atomic E-state index is -0.562. The first-order chi connectivity index (χ1) is 10.1. The van der Waals surface area contributed by atoms with Crippen LogP contribution in [0.4, 0.5) is 0 Å². The molecule has 0 aromatic carbocycles. The molecule has 0 amide bonds. The van der Waals surface area contributed by atoms with Gasteiger partial charge in [-0.1, -0.05) is 18.6 Å². The van der Waals surface area contributed by atoms with Crippen LogP contribution < -0.4 is 0 Å². The Kier molecular flexibility index (Phi) is 4.01. The fraction of sp³-hybridized carbons (Fsp3) is 0.900. The summed E-state index contributed by atoms with van der Waals surface area (Å²) >= 11 is 0. The number of allylic oxidation sites excluding steroid dienone is 2. The first kappa shape index (κ1) is 16.5. The summed E-state index contributed by atoms with van der Waals surface area (Å²) in [6.07, 6.45) is 11.2. The van der Waals surface area contributed by atoms with Crippen LogP contribution in [-0.2, 0) is 4.74 Å². The van der Waals surface area contributed by atoms with Crippen molar-refractivity contribution in [2.24, 2.45) is 17.3 Å². The SMILES string of the molecule is CC1=CCCC2(C)OC2CC2(C)CCC(C(C)(C)O)C2CC1. The first-order valence-electron chi connectivity index (χ1n) is 9.20. The Bertz CT molecular complexity index is 461. The average molecular weight is 306 g/mol. The molecule has 3 aliphatic rings. The highest BCUT2D eigenvalue weighted by molar-refractivity contribution is 5.10. The minimum Gasteiger partial charge on any atom is -0.390 e. The second-order valence-electron chi connectivity index (χ2n) is 9.31. The maximum Gasteiger partial charge on any atom is 0.0923 e. The lowest BCUT2D eigenvalue weighted by Crippen LogP contribution is -2.38. The summed E-state index contributed by atoms with van der Waals surface area (Å²) in [5.41, 5.74) is 1.40. The zero-order chi connectivity index (χ0) is 16.2. The van der Waals surface area contributed by atoms with Gasteiger partial charge in [-0.2, -0.15) is 0 Å². The molecule has 2 fully saturated rings. The van der Waals surface area contributed by atoms with Crippen LogP contribution >= 0.6 is 0 Å². The van der Waals surface area contributed by atoms with Crippen molar-refractivity contribution in [1.82, 2.24) is 0 Å². The third-order valence-corrected chi connectivity index (χ3v) is 6.99.